The van der Waals surface area contributed by atoms with Gasteiger partial charge in [0.05, 0.1) is 38.0 Å². The van der Waals surface area contributed by atoms with Gasteiger partial charge in [0.25, 0.3) is 5.69 Å². The van der Waals surface area contributed by atoms with Crippen molar-refractivity contribution in [1.82, 2.24) is 9.97 Å². The van der Waals surface area contributed by atoms with Crippen molar-refractivity contribution in [2.45, 2.75) is 24.8 Å². The molecule has 11 heteroatoms. The first-order chi connectivity index (χ1) is 16.2. The zero-order valence-electron chi connectivity index (χ0n) is 18.1. The molecule has 0 unspecified atom stereocenters. The number of aryl methyl sites for hydroxylation is 1. The van der Waals surface area contributed by atoms with Crippen LogP contribution in [0.1, 0.15) is 17.7 Å². The number of hydrogen-bond donors (Lipinski definition) is 0. The number of non-ortho nitro benzene ring substituents is 1. The van der Waals surface area contributed by atoms with Gasteiger partial charge >= 0.3 is 0 Å². The van der Waals surface area contributed by atoms with E-state index in [4.69, 9.17) is 0 Å². The Morgan fingerprint density at radius 2 is 1.88 bits per heavy atom. The number of fused-ring (bicyclic) bond motifs is 1. The zero-order valence-corrected chi connectivity index (χ0v) is 19.8. The van der Waals surface area contributed by atoms with Gasteiger partial charge in [-0.25, -0.2) is 13.4 Å². The monoisotopic (exact) mass is 496 g/mol. The molecule has 174 valence electrons. The normalized spacial score (nSPS) is 11.4. The van der Waals surface area contributed by atoms with Gasteiger partial charge in [0.2, 0.25) is 5.91 Å². The van der Waals surface area contributed by atoms with Crippen LogP contribution in [0.25, 0.3) is 10.2 Å². The molecule has 4 aromatic rings. The summed E-state index contributed by atoms with van der Waals surface area (Å²) in [6.07, 6.45) is 1.35. The molecule has 0 saturated heterocycles. The third-order valence-electron chi connectivity index (χ3n) is 5.11. The Balaban J connectivity index is 1.62. The summed E-state index contributed by atoms with van der Waals surface area (Å²) in [5.41, 5.74) is 1.97. The number of amides is 1. The molecule has 0 aliphatic heterocycles. The Morgan fingerprint density at radius 1 is 1.12 bits per heavy atom. The van der Waals surface area contributed by atoms with E-state index in [1.54, 1.807) is 36.5 Å². The minimum absolute atomic E-state index is 0.0745. The fourth-order valence-corrected chi connectivity index (χ4v) is 5.51. The van der Waals surface area contributed by atoms with E-state index in [-0.39, 0.29) is 29.3 Å². The summed E-state index contributed by atoms with van der Waals surface area (Å²) in [5.74, 6) is -0.792. The number of pyridine rings is 1. The molecule has 0 spiro atoms. The lowest BCUT2D eigenvalue weighted by Gasteiger charge is -2.19. The molecule has 0 bridgehead atoms. The molecule has 2 aromatic carbocycles. The molecular formula is C23H20N4O5S2. The number of nitrogens with zero attached hydrogens (tertiary/aromatic N) is 4. The van der Waals surface area contributed by atoms with Crippen molar-refractivity contribution >= 4 is 48.1 Å². The van der Waals surface area contributed by atoms with Gasteiger partial charge in [-0.15, -0.1) is 0 Å². The van der Waals surface area contributed by atoms with Gasteiger partial charge in [0, 0.05) is 24.8 Å². The highest BCUT2D eigenvalue weighted by Gasteiger charge is 2.24. The lowest BCUT2D eigenvalue weighted by atomic mass is 10.2. The second-order valence-corrected chi connectivity index (χ2v) is 10.7. The van der Waals surface area contributed by atoms with Crippen LogP contribution >= 0.6 is 11.3 Å². The number of anilines is 1. The Bertz CT molecular complexity index is 1450. The maximum Gasteiger partial charge on any atom is 0.270 e. The lowest BCUT2D eigenvalue weighted by molar-refractivity contribution is -0.384. The maximum absolute atomic E-state index is 13.2. The number of rotatable bonds is 8. The molecule has 0 aliphatic rings. The first kappa shape index (κ1) is 23.5. The number of aromatic nitrogens is 2. The fraction of sp³-hybridized carbons (Fsp3) is 0.174. The maximum atomic E-state index is 13.2. The van der Waals surface area contributed by atoms with Gasteiger partial charge in [-0.05, 0) is 37.3 Å². The van der Waals surface area contributed by atoms with Crippen molar-refractivity contribution in [2.75, 3.05) is 10.7 Å². The molecule has 0 N–H and O–H groups in total. The summed E-state index contributed by atoms with van der Waals surface area (Å²) in [7, 11) is -3.66. The van der Waals surface area contributed by atoms with Gasteiger partial charge in [-0.2, -0.15) is 0 Å². The predicted molar refractivity (Wildman–Crippen MR) is 130 cm³/mol. The SMILES string of the molecule is Cc1ccc(S(=O)(=O)CCC(=O)N(Cc2ccccn2)c2nc3ccc([N+](=O)[O-])cc3s2)cc1. The first-order valence-electron chi connectivity index (χ1n) is 10.3. The van der Waals surface area contributed by atoms with Crippen LogP contribution < -0.4 is 4.90 Å². The summed E-state index contributed by atoms with van der Waals surface area (Å²) >= 11 is 1.13. The van der Waals surface area contributed by atoms with Crippen LogP contribution in [0.2, 0.25) is 0 Å². The van der Waals surface area contributed by atoms with E-state index >= 15 is 0 Å². The Labute approximate surface area is 199 Å². The minimum Gasteiger partial charge on any atom is -0.282 e. The van der Waals surface area contributed by atoms with Crippen molar-refractivity contribution < 1.29 is 18.1 Å². The van der Waals surface area contributed by atoms with Gasteiger partial charge in [0.1, 0.15) is 0 Å². The van der Waals surface area contributed by atoms with Crippen molar-refractivity contribution in [3.8, 4) is 0 Å². The number of carbonyl (C=O) groups is 1. The number of nitro benzene ring substituents is 1. The quantitative estimate of drug-likeness (QED) is 0.263. The van der Waals surface area contributed by atoms with E-state index < -0.39 is 20.7 Å². The number of benzene rings is 2. The summed E-state index contributed by atoms with van der Waals surface area (Å²) in [4.78, 5) is 34.1. The van der Waals surface area contributed by atoms with E-state index in [1.807, 2.05) is 6.92 Å². The predicted octanol–water partition coefficient (Wildman–Crippen LogP) is 4.31. The highest BCUT2D eigenvalue weighted by atomic mass is 32.2. The number of thiazole rings is 1. The van der Waals surface area contributed by atoms with Crippen molar-refractivity contribution in [3.63, 3.8) is 0 Å². The smallest absolute Gasteiger partial charge is 0.270 e. The summed E-state index contributed by atoms with van der Waals surface area (Å²) in [6, 6.07) is 16.1. The van der Waals surface area contributed by atoms with E-state index in [0.717, 1.165) is 16.9 Å². The third-order valence-corrected chi connectivity index (χ3v) is 7.89. The average molecular weight is 497 g/mol. The number of carbonyl (C=O) groups excluding carboxylic acids is 1. The molecule has 0 saturated carbocycles. The third kappa shape index (κ3) is 5.26. The molecule has 9 nitrogen and oxygen atoms in total. The molecule has 34 heavy (non-hydrogen) atoms. The molecule has 1 amide bonds. The molecule has 2 aromatic heterocycles. The van der Waals surface area contributed by atoms with Crippen molar-refractivity contribution in [2.24, 2.45) is 0 Å². The van der Waals surface area contributed by atoms with Crippen LogP contribution in [0.15, 0.2) is 71.8 Å². The van der Waals surface area contributed by atoms with Gasteiger partial charge in [-0.1, -0.05) is 35.1 Å². The van der Waals surface area contributed by atoms with E-state index in [0.29, 0.717) is 21.0 Å². The van der Waals surface area contributed by atoms with E-state index in [9.17, 15) is 23.3 Å². The van der Waals surface area contributed by atoms with Crippen LogP contribution in [0, 0.1) is 17.0 Å². The number of hydrogen-bond acceptors (Lipinski definition) is 8. The standard InChI is InChI=1S/C23H20N4O5S2/c1-16-5-8-19(9-6-16)34(31,32)13-11-22(28)26(15-17-4-2-3-12-24-17)23-25-20-10-7-18(27(29)30)14-21(20)33-23/h2-10,12,14H,11,13,15H2,1H3. The van der Waals surface area contributed by atoms with E-state index in [2.05, 4.69) is 9.97 Å². The summed E-state index contributed by atoms with van der Waals surface area (Å²) in [5, 5.41) is 11.4. The van der Waals surface area contributed by atoms with Crippen LogP contribution in [-0.2, 0) is 21.2 Å². The average Bonchev–Trinajstić information content (AvgIpc) is 3.25. The highest BCUT2D eigenvalue weighted by molar-refractivity contribution is 7.91. The van der Waals surface area contributed by atoms with Gasteiger partial charge < -0.3 is 0 Å². The van der Waals surface area contributed by atoms with Crippen LogP contribution in [0.4, 0.5) is 10.8 Å². The lowest BCUT2D eigenvalue weighted by Crippen LogP contribution is -2.32. The summed E-state index contributed by atoms with van der Waals surface area (Å²) in [6.45, 7) is 1.95. The van der Waals surface area contributed by atoms with Crippen LogP contribution in [-0.4, -0.2) is 35.0 Å². The molecular weight excluding hydrogens is 476 g/mol. The molecule has 2 heterocycles. The Hall–Kier alpha value is -3.70. The van der Waals surface area contributed by atoms with Gasteiger partial charge in [-0.3, -0.25) is 24.8 Å². The van der Waals surface area contributed by atoms with Crippen molar-refractivity contribution in [3.05, 3.63) is 88.2 Å². The number of nitro groups is 1. The molecule has 0 fully saturated rings. The highest BCUT2D eigenvalue weighted by Crippen LogP contribution is 2.32. The fourth-order valence-electron chi connectivity index (χ4n) is 3.27. The Kier molecular flexibility index (Phi) is 6.66. The molecule has 4 rings (SSSR count). The molecule has 0 atom stereocenters. The number of sulfone groups is 1. The second kappa shape index (κ2) is 9.65. The summed E-state index contributed by atoms with van der Waals surface area (Å²) < 4.78 is 26.0. The second-order valence-electron chi connectivity index (χ2n) is 7.59. The molecule has 0 radical (unpaired) electrons. The van der Waals surface area contributed by atoms with Crippen LogP contribution in [0.3, 0.4) is 0 Å². The van der Waals surface area contributed by atoms with Crippen LogP contribution in [0.5, 0.6) is 0 Å². The molecule has 0 aliphatic carbocycles. The van der Waals surface area contributed by atoms with Gasteiger partial charge in [0.15, 0.2) is 15.0 Å². The van der Waals surface area contributed by atoms with E-state index in [1.165, 1.54) is 35.2 Å². The Morgan fingerprint density at radius 3 is 2.56 bits per heavy atom. The first-order valence-corrected chi connectivity index (χ1v) is 12.7. The zero-order chi connectivity index (χ0) is 24.3. The van der Waals surface area contributed by atoms with Crippen molar-refractivity contribution in [1.29, 1.82) is 0 Å². The topological polar surface area (TPSA) is 123 Å². The minimum atomic E-state index is -3.66. The largest absolute Gasteiger partial charge is 0.282 e.